The molecule has 4 N–H and O–H groups in total. The van der Waals surface area contributed by atoms with Gasteiger partial charge in [-0.05, 0) is 36.5 Å². The second-order valence-electron chi connectivity index (χ2n) is 5.47. The van der Waals surface area contributed by atoms with Gasteiger partial charge in [0.25, 0.3) is 0 Å². The fourth-order valence-corrected chi connectivity index (χ4v) is 4.43. The zero-order chi connectivity index (χ0) is 15.2. The van der Waals surface area contributed by atoms with Gasteiger partial charge >= 0.3 is 0 Å². The predicted molar refractivity (Wildman–Crippen MR) is 79.7 cm³/mol. The average Bonchev–Trinajstić information content (AvgIpc) is 3.17. The van der Waals surface area contributed by atoms with Crippen molar-refractivity contribution in [2.75, 3.05) is 11.9 Å². The number of benzene rings is 1. The minimum atomic E-state index is -3.75. The van der Waals surface area contributed by atoms with Crippen LogP contribution < -0.4 is 15.8 Å². The molecule has 1 heterocycles. The summed E-state index contributed by atoms with van der Waals surface area (Å²) >= 11 is 6.06. The molecule has 114 valence electrons. The van der Waals surface area contributed by atoms with Gasteiger partial charge in [-0.15, -0.1) is 0 Å². The van der Waals surface area contributed by atoms with Crippen LogP contribution in [0.2, 0.25) is 5.02 Å². The number of amides is 1. The van der Waals surface area contributed by atoms with Crippen LogP contribution in [-0.4, -0.2) is 26.9 Å². The van der Waals surface area contributed by atoms with E-state index in [1.807, 2.05) is 0 Å². The number of carbonyl (C=O) groups excluding carboxylic acids is 1. The summed E-state index contributed by atoms with van der Waals surface area (Å²) in [6, 6.07) is 2.67. The van der Waals surface area contributed by atoms with Crippen LogP contribution in [0, 0.1) is 5.92 Å². The highest BCUT2D eigenvalue weighted by Gasteiger charge is 2.34. The highest BCUT2D eigenvalue weighted by Crippen LogP contribution is 2.35. The van der Waals surface area contributed by atoms with Crippen molar-refractivity contribution in [2.24, 2.45) is 11.7 Å². The molecule has 1 aliphatic heterocycles. The number of hydrogen-bond donors (Lipinski definition) is 3. The van der Waals surface area contributed by atoms with Gasteiger partial charge in [0.2, 0.25) is 15.9 Å². The van der Waals surface area contributed by atoms with E-state index in [1.165, 1.54) is 12.1 Å². The Morgan fingerprint density at radius 2 is 2.14 bits per heavy atom. The molecule has 1 amide bonds. The molecule has 0 spiro atoms. The van der Waals surface area contributed by atoms with Crippen molar-refractivity contribution in [3.05, 3.63) is 22.7 Å². The number of halogens is 1. The van der Waals surface area contributed by atoms with E-state index in [2.05, 4.69) is 10.0 Å². The summed E-state index contributed by atoms with van der Waals surface area (Å²) in [6.45, 7) is 0.256. The Morgan fingerprint density at radius 3 is 2.76 bits per heavy atom. The van der Waals surface area contributed by atoms with Crippen LogP contribution in [0.3, 0.4) is 0 Å². The molecule has 21 heavy (non-hydrogen) atoms. The molecule has 1 fully saturated rings. The smallest absolute Gasteiger partial charge is 0.242 e. The number of sulfonamides is 1. The van der Waals surface area contributed by atoms with Gasteiger partial charge in [-0.1, -0.05) is 11.6 Å². The first kappa shape index (κ1) is 14.8. The van der Waals surface area contributed by atoms with E-state index in [-0.39, 0.29) is 34.8 Å². The van der Waals surface area contributed by atoms with Gasteiger partial charge in [0, 0.05) is 18.3 Å². The Labute approximate surface area is 128 Å². The van der Waals surface area contributed by atoms with Gasteiger partial charge in [-0.2, -0.15) is 0 Å². The zero-order valence-electron chi connectivity index (χ0n) is 11.2. The molecule has 1 saturated carbocycles. The van der Waals surface area contributed by atoms with E-state index in [4.69, 9.17) is 17.3 Å². The number of rotatable bonds is 5. The summed E-state index contributed by atoms with van der Waals surface area (Å²) in [5.41, 5.74) is 6.84. The SMILES string of the molecule is NCC(NS(=O)(=O)c1cc2c(cc1Cl)NC(=O)C2)C1CC1. The molecule has 0 radical (unpaired) electrons. The quantitative estimate of drug-likeness (QED) is 0.745. The molecule has 1 atom stereocenters. The number of nitrogens with one attached hydrogen (secondary N) is 2. The molecule has 0 aromatic heterocycles. The molecule has 1 aromatic carbocycles. The van der Waals surface area contributed by atoms with Gasteiger partial charge in [0.15, 0.2) is 0 Å². The summed E-state index contributed by atoms with van der Waals surface area (Å²) in [7, 11) is -3.75. The van der Waals surface area contributed by atoms with Crippen LogP contribution in [0.15, 0.2) is 17.0 Å². The second kappa shape index (κ2) is 5.24. The molecule has 1 aromatic rings. The van der Waals surface area contributed by atoms with Crippen molar-refractivity contribution in [2.45, 2.75) is 30.2 Å². The number of fused-ring (bicyclic) bond motifs is 1. The second-order valence-corrected chi connectivity index (χ2v) is 7.56. The number of carbonyl (C=O) groups is 1. The van der Waals surface area contributed by atoms with E-state index in [0.29, 0.717) is 17.2 Å². The minimum absolute atomic E-state index is 0.00137. The Kier molecular flexibility index (Phi) is 3.69. The minimum Gasteiger partial charge on any atom is -0.329 e. The molecule has 0 bridgehead atoms. The Bertz CT molecular complexity index is 701. The summed E-state index contributed by atoms with van der Waals surface area (Å²) in [6.07, 6.45) is 2.14. The molecular weight excluding hydrogens is 314 g/mol. The number of anilines is 1. The van der Waals surface area contributed by atoms with Crippen molar-refractivity contribution >= 4 is 33.2 Å². The lowest BCUT2D eigenvalue weighted by Crippen LogP contribution is -2.41. The first-order valence-electron chi connectivity index (χ1n) is 6.75. The van der Waals surface area contributed by atoms with Crippen LogP contribution >= 0.6 is 11.6 Å². The summed E-state index contributed by atoms with van der Waals surface area (Å²) < 4.78 is 27.6. The summed E-state index contributed by atoms with van der Waals surface area (Å²) in [5, 5.41) is 2.73. The fourth-order valence-electron chi connectivity index (χ4n) is 2.53. The molecule has 1 unspecified atom stereocenters. The van der Waals surface area contributed by atoms with Gasteiger partial charge in [-0.25, -0.2) is 13.1 Å². The molecule has 8 heteroatoms. The molecule has 0 saturated heterocycles. The van der Waals surface area contributed by atoms with Crippen LogP contribution in [-0.2, 0) is 21.2 Å². The molecule has 3 rings (SSSR count). The lowest BCUT2D eigenvalue weighted by atomic mass is 10.2. The van der Waals surface area contributed by atoms with Gasteiger partial charge in [0.05, 0.1) is 11.4 Å². The van der Waals surface area contributed by atoms with E-state index < -0.39 is 10.0 Å². The maximum absolute atomic E-state index is 12.5. The molecule has 6 nitrogen and oxygen atoms in total. The van der Waals surface area contributed by atoms with Crippen molar-refractivity contribution < 1.29 is 13.2 Å². The van der Waals surface area contributed by atoms with E-state index >= 15 is 0 Å². The van der Waals surface area contributed by atoms with Crippen molar-refractivity contribution in [1.29, 1.82) is 0 Å². The third kappa shape index (κ3) is 2.91. The molecule has 2 aliphatic rings. The third-order valence-corrected chi connectivity index (χ3v) is 5.78. The first-order valence-corrected chi connectivity index (χ1v) is 8.61. The molecule has 1 aliphatic carbocycles. The highest BCUT2D eigenvalue weighted by molar-refractivity contribution is 7.89. The van der Waals surface area contributed by atoms with Gasteiger partial charge in [0.1, 0.15) is 4.90 Å². The maximum atomic E-state index is 12.5. The van der Waals surface area contributed by atoms with E-state index in [0.717, 1.165) is 12.8 Å². The van der Waals surface area contributed by atoms with Gasteiger partial charge < -0.3 is 11.1 Å². The molecular formula is C13H16ClN3O3S. The Morgan fingerprint density at radius 1 is 1.43 bits per heavy atom. The Hall–Kier alpha value is -1.15. The summed E-state index contributed by atoms with van der Waals surface area (Å²) in [4.78, 5) is 11.4. The normalized spacial score (nSPS) is 19.2. The third-order valence-electron chi connectivity index (χ3n) is 3.82. The zero-order valence-corrected chi connectivity index (χ0v) is 12.8. The largest absolute Gasteiger partial charge is 0.329 e. The van der Waals surface area contributed by atoms with Crippen LogP contribution in [0.5, 0.6) is 0 Å². The van der Waals surface area contributed by atoms with Crippen molar-refractivity contribution in [1.82, 2.24) is 4.72 Å². The van der Waals surface area contributed by atoms with Crippen molar-refractivity contribution in [3.8, 4) is 0 Å². The van der Waals surface area contributed by atoms with E-state index in [1.54, 1.807) is 0 Å². The first-order chi connectivity index (χ1) is 9.90. The fraction of sp³-hybridized carbons (Fsp3) is 0.462. The lowest BCUT2D eigenvalue weighted by Gasteiger charge is -2.17. The van der Waals surface area contributed by atoms with Gasteiger partial charge in [-0.3, -0.25) is 4.79 Å². The van der Waals surface area contributed by atoms with Crippen LogP contribution in [0.4, 0.5) is 5.69 Å². The van der Waals surface area contributed by atoms with Crippen molar-refractivity contribution in [3.63, 3.8) is 0 Å². The topological polar surface area (TPSA) is 101 Å². The number of hydrogen-bond acceptors (Lipinski definition) is 4. The highest BCUT2D eigenvalue weighted by atomic mass is 35.5. The maximum Gasteiger partial charge on any atom is 0.242 e. The standard InChI is InChI=1S/C13H16ClN3O3S/c14-9-5-10-8(4-13(18)16-10)3-12(9)21(19,20)17-11(6-15)7-1-2-7/h3,5,7,11,17H,1-2,4,6,15H2,(H,16,18). The monoisotopic (exact) mass is 329 g/mol. The number of nitrogens with two attached hydrogens (primary N) is 1. The predicted octanol–water partition coefficient (Wildman–Crippen LogP) is 0.850. The van der Waals surface area contributed by atoms with Crippen LogP contribution in [0.25, 0.3) is 0 Å². The Balaban J connectivity index is 1.92. The average molecular weight is 330 g/mol. The van der Waals surface area contributed by atoms with E-state index in [9.17, 15) is 13.2 Å². The van der Waals surface area contributed by atoms with Crippen LogP contribution in [0.1, 0.15) is 18.4 Å². The lowest BCUT2D eigenvalue weighted by molar-refractivity contribution is -0.115. The summed E-state index contributed by atoms with van der Waals surface area (Å²) in [5.74, 6) is 0.141.